The summed E-state index contributed by atoms with van der Waals surface area (Å²) in [6.07, 6.45) is -6.75. The highest BCUT2D eigenvalue weighted by Crippen LogP contribution is 2.32. The van der Waals surface area contributed by atoms with Crippen molar-refractivity contribution in [2.24, 2.45) is 0 Å². The molecule has 1 aliphatic rings. The lowest BCUT2D eigenvalue weighted by atomic mass is 10.0. The first-order valence-corrected chi connectivity index (χ1v) is 13.4. The summed E-state index contributed by atoms with van der Waals surface area (Å²) in [5.41, 5.74) is -1.86. The molecule has 1 aromatic heterocycles. The minimum atomic E-state index is -4.86. The summed E-state index contributed by atoms with van der Waals surface area (Å²) >= 11 is 0. The van der Waals surface area contributed by atoms with Gasteiger partial charge in [0.2, 0.25) is 11.7 Å². The predicted molar refractivity (Wildman–Crippen MR) is 141 cm³/mol. The molecule has 0 saturated heterocycles. The van der Waals surface area contributed by atoms with E-state index in [4.69, 9.17) is 4.74 Å². The summed E-state index contributed by atoms with van der Waals surface area (Å²) in [5.74, 6) is -6.63. The Bertz CT molecular complexity index is 1350. The van der Waals surface area contributed by atoms with E-state index in [1.807, 2.05) is 0 Å². The smallest absolute Gasteiger partial charge is 0.444 e. The van der Waals surface area contributed by atoms with Crippen molar-refractivity contribution in [3.05, 3.63) is 52.4 Å². The third kappa shape index (κ3) is 9.08. The average molecular weight is 621 g/mol. The normalized spacial score (nSPS) is 14.4. The van der Waals surface area contributed by atoms with Crippen LogP contribution in [-0.4, -0.2) is 82.6 Å². The lowest BCUT2D eigenvalue weighted by Gasteiger charge is -2.31. The second-order valence-electron chi connectivity index (χ2n) is 11.4. The van der Waals surface area contributed by atoms with Crippen molar-refractivity contribution in [1.82, 2.24) is 30.0 Å². The highest BCUT2D eigenvalue weighted by atomic mass is 19.4. The van der Waals surface area contributed by atoms with E-state index in [0.717, 1.165) is 4.57 Å². The molecule has 0 bridgehead atoms. The first-order chi connectivity index (χ1) is 19.9. The molecule has 1 unspecified atom stereocenters. The SMILES string of the molecule is CN(C)CCNC(=O)c1nc(C(F)(F)F)n2c1CN(C(=O)CC(Cc1cc(F)c(F)cc1F)NC(=O)OC(C)(C)C)CC2. The van der Waals surface area contributed by atoms with Crippen molar-refractivity contribution >= 4 is 17.9 Å². The van der Waals surface area contributed by atoms with Crippen LogP contribution in [0.15, 0.2) is 12.1 Å². The van der Waals surface area contributed by atoms with Gasteiger partial charge in [0.05, 0.1) is 12.2 Å². The fourth-order valence-corrected chi connectivity index (χ4v) is 4.43. The van der Waals surface area contributed by atoms with E-state index in [9.17, 15) is 40.7 Å². The molecule has 1 atom stereocenters. The van der Waals surface area contributed by atoms with Gasteiger partial charge in [0, 0.05) is 44.7 Å². The predicted octanol–water partition coefficient (Wildman–Crippen LogP) is 3.48. The molecule has 238 valence electrons. The molecule has 0 spiro atoms. The number of aromatic nitrogens is 2. The van der Waals surface area contributed by atoms with Crippen molar-refractivity contribution < 1.29 is 45.5 Å². The fourth-order valence-electron chi connectivity index (χ4n) is 4.43. The van der Waals surface area contributed by atoms with E-state index in [2.05, 4.69) is 15.6 Å². The molecular weight excluding hydrogens is 586 g/mol. The Kier molecular flexibility index (Phi) is 10.4. The Balaban J connectivity index is 1.85. The van der Waals surface area contributed by atoms with Gasteiger partial charge in [0.15, 0.2) is 17.3 Å². The number of nitrogens with one attached hydrogen (secondary N) is 2. The van der Waals surface area contributed by atoms with Crippen LogP contribution in [0, 0.1) is 17.5 Å². The number of fused-ring (bicyclic) bond motifs is 1. The van der Waals surface area contributed by atoms with Crippen LogP contribution in [0.25, 0.3) is 0 Å². The molecule has 0 radical (unpaired) electrons. The van der Waals surface area contributed by atoms with Crippen LogP contribution < -0.4 is 10.6 Å². The number of hydrogen-bond acceptors (Lipinski definition) is 6. The van der Waals surface area contributed by atoms with Crippen molar-refractivity contribution in [1.29, 1.82) is 0 Å². The van der Waals surface area contributed by atoms with Gasteiger partial charge in [-0.2, -0.15) is 13.2 Å². The summed E-state index contributed by atoms with van der Waals surface area (Å²) in [7, 11) is 3.50. The zero-order chi connectivity index (χ0) is 32.3. The van der Waals surface area contributed by atoms with E-state index in [1.165, 1.54) is 4.90 Å². The molecule has 16 heteroatoms. The summed E-state index contributed by atoms with van der Waals surface area (Å²) in [4.78, 5) is 45.1. The van der Waals surface area contributed by atoms with Crippen LogP contribution >= 0.6 is 0 Å². The van der Waals surface area contributed by atoms with Gasteiger partial charge in [-0.15, -0.1) is 0 Å². The highest BCUT2D eigenvalue weighted by Gasteiger charge is 2.42. The van der Waals surface area contributed by atoms with Gasteiger partial charge in [0.25, 0.3) is 5.91 Å². The average Bonchev–Trinajstić information content (AvgIpc) is 3.25. The van der Waals surface area contributed by atoms with E-state index < -0.39 is 84.1 Å². The first-order valence-electron chi connectivity index (χ1n) is 13.4. The van der Waals surface area contributed by atoms with Gasteiger partial charge in [-0.05, 0) is 52.9 Å². The Morgan fingerprint density at radius 3 is 2.30 bits per heavy atom. The van der Waals surface area contributed by atoms with Crippen LogP contribution in [0.5, 0.6) is 0 Å². The van der Waals surface area contributed by atoms with Gasteiger partial charge in [-0.25, -0.2) is 22.9 Å². The number of likely N-dealkylation sites (N-methyl/N-ethyl adjacent to an activating group) is 1. The van der Waals surface area contributed by atoms with Crippen molar-refractivity contribution in [3.63, 3.8) is 0 Å². The van der Waals surface area contributed by atoms with Gasteiger partial charge in [0.1, 0.15) is 11.4 Å². The maximum absolute atomic E-state index is 14.4. The molecule has 2 N–H and O–H groups in total. The number of alkyl carbamates (subject to hydrolysis) is 1. The minimum Gasteiger partial charge on any atom is -0.444 e. The van der Waals surface area contributed by atoms with Gasteiger partial charge < -0.3 is 29.7 Å². The second-order valence-corrected chi connectivity index (χ2v) is 11.4. The Labute approximate surface area is 244 Å². The monoisotopic (exact) mass is 620 g/mol. The molecular formula is C27H34F6N6O4. The molecule has 0 aliphatic carbocycles. The molecule has 3 amide bonds. The maximum Gasteiger partial charge on any atom is 0.449 e. The van der Waals surface area contributed by atoms with Crippen molar-refractivity contribution in [2.75, 3.05) is 33.7 Å². The van der Waals surface area contributed by atoms with Gasteiger partial charge >= 0.3 is 12.3 Å². The maximum atomic E-state index is 14.4. The molecule has 43 heavy (non-hydrogen) atoms. The highest BCUT2D eigenvalue weighted by molar-refractivity contribution is 5.93. The number of halogens is 6. The number of amides is 3. The molecule has 1 aromatic carbocycles. The van der Waals surface area contributed by atoms with Crippen LogP contribution in [0.3, 0.4) is 0 Å². The van der Waals surface area contributed by atoms with E-state index in [-0.39, 0.29) is 30.9 Å². The summed E-state index contributed by atoms with van der Waals surface area (Å²) in [6.45, 7) is 4.40. The molecule has 1 aliphatic heterocycles. The van der Waals surface area contributed by atoms with Crippen LogP contribution in [0.1, 0.15) is 54.8 Å². The fraction of sp³-hybridized carbons (Fsp3) is 0.556. The minimum absolute atomic E-state index is 0.127. The number of imidazole rings is 1. The molecule has 0 fully saturated rings. The first kappa shape index (κ1) is 33.7. The van der Waals surface area contributed by atoms with Crippen molar-refractivity contribution in [3.8, 4) is 0 Å². The second kappa shape index (κ2) is 13.2. The number of nitrogens with zero attached hydrogens (tertiary/aromatic N) is 4. The number of carbonyl (C=O) groups is 3. The lowest BCUT2D eigenvalue weighted by molar-refractivity contribution is -0.148. The Morgan fingerprint density at radius 1 is 1.05 bits per heavy atom. The number of carbonyl (C=O) groups excluding carboxylic acids is 3. The van der Waals surface area contributed by atoms with Crippen LogP contribution in [0.2, 0.25) is 0 Å². The third-order valence-electron chi connectivity index (χ3n) is 6.37. The van der Waals surface area contributed by atoms with Crippen LogP contribution in [-0.2, 0) is 35.2 Å². The number of alkyl halides is 3. The summed E-state index contributed by atoms with van der Waals surface area (Å²) < 4.78 is 89.0. The van der Waals surface area contributed by atoms with Crippen molar-refractivity contribution in [2.45, 2.75) is 64.5 Å². The Morgan fingerprint density at radius 2 is 1.70 bits per heavy atom. The molecule has 0 saturated carbocycles. The lowest BCUT2D eigenvalue weighted by Crippen LogP contribution is -2.46. The standard InChI is InChI=1S/C27H34F6N6O4/c1-26(2,3)43-25(42)35-16(10-15-11-18(29)19(30)13-17(15)28)12-21(40)38-8-9-39-20(14-38)22(36-24(39)27(31,32)33)23(41)34-6-7-37(4)5/h11,13,16H,6-10,12,14H2,1-5H3,(H,34,41)(H,35,42). The summed E-state index contributed by atoms with van der Waals surface area (Å²) in [5, 5.41) is 4.95. The largest absolute Gasteiger partial charge is 0.449 e. The van der Waals surface area contributed by atoms with E-state index in [0.29, 0.717) is 18.7 Å². The number of ether oxygens (including phenoxy) is 1. The number of hydrogen-bond donors (Lipinski definition) is 2. The molecule has 3 rings (SSSR count). The zero-order valence-corrected chi connectivity index (χ0v) is 24.4. The third-order valence-corrected chi connectivity index (χ3v) is 6.37. The number of rotatable bonds is 9. The van der Waals surface area contributed by atoms with Crippen LogP contribution in [0.4, 0.5) is 31.1 Å². The molecule has 2 aromatic rings. The number of benzene rings is 1. The molecule has 10 nitrogen and oxygen atoms in total. The van der Waals surface area contributed by atoms with E-state index in [1.54, 1.807) is 39.8 Å². The van der Waals surface area contributed by atoms with Gasteiger partial charge in [-0.1, -0.05) is 0 Å². The Hall–Kier alpha value is -3.82. The topological polar surface area (TPSA) is 109 Å². The van der Waals surface area contributed by atoms with Gasteiger partial charge in [-0.3, -0.25) is 9.59 Å². The zero-order valence-electron chi connectivity index (χ0n) is 24.4. The molecule has 2 heterocycles. The quantitative estimate of drug-likeness (QED) is 0.329. The summed E-state index contributed by atoms with van der Waals surface area (Å²) in [6, 6.07) is -0.224. The van der Waals surface area contributed by atoms with E-state index >= 15 is 0 Å².